The van der Waals surface area contributed by atoms with Crippen LogP contribution in [-0.2, 0) is 11.3 Å². The minimum atomic E-state index is -0.399. The molecule has 1 aromatic heterocycles. The summed E-state index contributed by atoms with van der Waals surface area (Å²) in [6, 6.07) is 12.6. The van der Waals surface area contributed by atoms with Crippen molar-refractivity contribution in [2.45, 2.75) is 13.5 Å². The molecule has 5 nitrogen and oxygen atoms in total. The molecule has 0 fully saturated rings. The fourth-order valence-corrected chi connectivity index (χ4v) is 2.24. The summed E-state index contributed by atoms with van der Waals surface area (Å²) in [5, 5.41) is 0. The molecule has 0 aliphatic carbocycles. The second-order valence-corrected chi connectivity index (χ2v) is 4.88. The van der Waals surface area contributed by atoms with E-state index in [0.29, 0.717) is 17.7 Å². The molecule has 0 atom stereocenters. The number of para-hydroxylation sites is 1. The summed E-state index contributed by atoms with van der Waals surface area (Å²) in [7, 11) is 0. The number of hydrogen-bond acceptors (Lipinski definition) is 5. The SMILES string of the molecule is CCOc1ccccc1COC(=O)c1ccc2nccnc2c1. The third-order valence-electron chi connectivity index (χ3n) is 3.34. The summed E-state index contributed by atoms with van der Waals surface area (Å²) >= 11 is 0. The molecule has 0 amide bonds. The van der Waals surface area contributed by atoms with E-state index in [9.17, 15) is 4.79 Å². The fraction of sp³-hybridized carbons (Fsp3) is 0.167. The van der Waals surface area contributed by atoms with Crippen molar-refractivity contribution in [3.8, 4) is 5.75 Å². The average Bonchev–Trinajstić information content (AvgIpc) is 2.60. The fourth-order valence-electron chi connectivity index (χ4n) is 2.24. The Kier molecular flexibility index (Phi) is 4.47. The molecule has 1 heterocycles. The second kappa shape index (κ2) is 6.87. The average molecular weight is 308 g/mol. The van der Waals surface area contributed by atoms with Crippen molar-refractivity contribution in [3.63, 3.8) is 0 Å². The number of aromatic nitrogens is 2. The molecule has 0 N–H and O–H groups in total. The first-order valence-corrected chi connectivity index (χ1v) is 7.36. The summed E-state index contributed by atoms with van der Waals surface area (Å²) in [5.74, 6) is 0.330. The van der Waals surface area contributed by atoms with Crippen LogP contribution in [0.2, 0.25) is 0 Å². The minimum absolute atomic E-state index is 0.160. The van der Waals surface area contributed by atoms with Gasteiger partial charge in [0.25, 0.3) is 0 Å². The molecule has 3 aromatic rings. The van der Waals surface area contributed by atoms with Gasteiger partial charge in [0.1, 0.15) is 12.4 Å². The summed E-state index contributed by atoms with van der Waals surface area (Å²) in [5.41, 5.74) is 2.69. The zero-order chi connectivity index (χ0) is 16.1. The van der Waals surface area contributed by atoms with Crippen molar-refractivity contribution in [3.05, 3.63) is 66.0 Å². The van der Waals surface area contributed by atoms with Gasteiger partial charge in [-0.05, 0) is 31.2 Å². The molecule has 0 unspecified atom stereocenters. The number of nitrogens with zero attached hydrogens (tertiary/aromatic N) is 2. The molecule has 5 heteroatoms. The van der Waals surface area contributed by atoms with Gasteiger partial charge >= 0.3 is 5.97 Å². The molecule has 0 spiro atoms. The van der Waals surface area contributed by atoms with Gasteiger partial charge in [-0.15, -0.1) is 0 Å². The van der Waals surface area contributed by atoms with Crippen LogP contribution < -0.4 is 4.74 Å². The Balaban J connectivity index is 1.73. The van der Waals surface area contributed by atoms with Crippen LogP contribution in [0.15, 0.2) is 54.9 Å². The Labute approximate surface area is 133 Å². The van der Waals surface area contributed by atoms with Crippen molar-refractivity contribution in [2.24, 2.45) is 0 Å². The van der Waals surface area contributed by atoms with E-state index in [0.717, 1.165) is 16.8 Å². The molecule has 0 aliphatic rings. The minimum Gasteiger partial charge on any atom is -0.493 e. The highest BCUT2D eigenvalue weighted by Crippen LogP contribution is 2.20. The number of hydrogen-bond donors (Lipinski definition) is 0. The Bertz CT molecular complexity index is 833. The summed E-state index contributed by atoms with van der Waals surface area (Å²) in [6.45, 7) is 2.64. The van der Waals surface area contributed by atoms with Crippen LogP contribution in [0, 0.1) is 0 Å². The number of carbonyl (C=O) groups is 1. The number of rotatable bonds is 5. The number of fused-ring (bicyclic) bond motifs is 1. The van der Waals surface area contributed by atoms with E-state index >= 15 is 0 Å². The molecule has 2 aromatic carbocycles. The highest BCUT2D eigenvalue weighted by molar-refractivity contribution is 5.93. The Morgan fingerprint density at radius 2 is 1.83 bits per heavy atom. The maximum absolute atomic E-state index is 12.2. The van der Waals surface area contributed by atoms with Gasteiger partial charge in [-0.2, -0.15) is 0 Å². The van der Waals surface area contributed by atoms with Gasteiger partial charge < -0.3 is 9.47 Å². The molecule has 23 heavy (non-hydrogen) atoms. The molecule has 0 saturated carbocycles. The van der Waals surface area contributed by atoms with E-state index in [-0.39, 0.29) is 6.61 Å². The van der Waals surface area contributed by atoms with Crippen LogP contribution in [0.3, 0.4) is 0 Å². The van der Waals surface area contributed by atoms with Gasteiger partial charge in [-0.3, -0.25) is 9.97 Å². The van der Waals surface area contributed by atoms with Gasteiger partial charge in [-0.1, -0.05) is 18.2 Å². The highest BCUT2D eigenvalue weighted by Gasteiger charge is 2.11. The van der Waals surface area contributed by atoms with Gasteiger partial charge in [0.2, 0.25) is 0 Å². The van der Waals surface area contributed by atoms with Crippen LogP contribution in [0.4, 0.5) is 0 Å². The molecule has 0 saturated heterocycles. The zero-order valence-electron chi connectivity index (χ0n) is 12.7. The maximum Gasteiger partial charge on any atom is 0.338 e. The summed E-state index contributed by atoms with van der Waals surface area (Å²) in [6.07, 6.45) is 3.21. The van der Waals surface area contributed by atoms with E-state index in [2.05, 4.69) is 9.97 Å². The molecular formula is C18H16N2O3. The lowest BCUT2D eigenvalue weighted by Gasteiger charge is -2.10. The third-order valence-corrected chi connectivity index (χ3v) is 3.34. The van der Waals surface area contributed by atoms with Crippen LogP contribution >= 0.6 is 0 Å². The lowest BCUT2D eigenvalue weighted by Crippen LogP contribution is -2.06. The smallest absolute Gasteiger partial charge is 0.338 e. The molecule has 3 rings (SSSR count). The Hall–Kier alpha value is -2.95. The molecule has 116 valence electrons. The lowest BCUT2D eigenvalue weighted by molar-refractivity contribution is 0.0470. The van der Waals surface area contributed by atoms with Crippen LogP contribution in [0.5, 0.6) is 5.75 Å². The van der Waals surface area contributed by atoms with Crippen LogP contribution in [-0.4, -0.2) is 22.5 Å². The van der Waals surface area contributed by atoms with Gasteiger partial charge in [0.15, 0.2) is 0 Å². The Morgan fingerprint density at radius 1 is 1.04 bits per heavy atom. The van der Waals surface area contributed by atoms with Crippen LogP contribution in [0.25, 0.3) is 11.0 Å². The number of esters is 1. The molecule has 0 bridgehead atoms. The molecule has 0 aliphatic heterocycles. The second-order valence-electron chi connectivity index (χ2n) is 4.88. The van der Waals surface area contributed by atoms with Gasteiger partial charge in [0, 0.05) is 18.0 Å². The summed E-state index contributed by atoms with van der Waals surface area (Å²) < 4.78 is 10.9. The quantitative estimate of drug-likeness (QED) is 0.676. The van der Waals surface area contributed by atoms with Crippen molar-refractivity contribution in [1.82, 2.24) is 9.97 Å². The monoisotopic (exact) mass is 308 g/mol. The highest BCUT2D eigenvalue weighted by atomic mass is 16.5. The van der Waals surface area contributed by atoms with Crippen molar-refractivity contribution >= 4 is 17.0 Å². The van der Waals surface area contributed by atoms with Crippen molar-refractivity contribution in [2.75, 3.05) is 6.61 Å². The van der Waals surface area contributed by atoms with Gasteiger partial charge in [-0.25, -0.2) is 4.79 Å². The van der Waals surface area contributed by atoms with Crippen LogP contribution in [0.1, 0.15) is 22.8 Å². The number of carbonyl (C=O) groups excluding carboxylic acids is 1. The van der Waals surface area contributed by atoms with Crippen molar-refractivity contribution < 1.29 is 14.3 Å². The van der Waals surface area contributed by atoms with E-state index in [1.54, 1.807) is 30.6 Å². The normalized spacial score (nSPS) is 10.5. The Morgan fingerprint density at radius 3 is 2.65 bits per heavy atom. The van der Waals surface area contributed by atoms with E-state index < -0.39 is 5.97 Å². The predicted octanol–water partition coefficient (Wildman–Crippen LogP) is 3.39. The lowest BCUT2D eigenvalue weighted by atomic mass is 10.2. The third kappa shape index (κ3) is 3.45. The molecule has 0 radical (unpaired) electrons. The first-order chi connectivity index (χ1) is 11.3. The first kappa shape index (κ1) is 15.0. The first-order valence-electron chi connectivity index (χ1n) is 7.36. The van der Waals surface area contributed by atoms with E-state index in [4.69, 9.17) is 9.47 Å². The number of benzene rings is 2. The van der Waals surface area contributed by atoms with E-state index in [1.807, 2.05) is 31.2 Å². The zero-order valence-corrected chi connectivity index (χ0v) is 12.7. The number of ether oxygens (including phenoxy) is 2. The topological polar surface area (TPSA) is 61.3 Å². The maximum atomic E-state index is 12.2. The summed E-state index contributed by atoms with van der Waals surface area (Å²) in [4.78, 5) is 20.6. The van der Waals surface area contributed by atoms with Gasteiger partial charge in [0.05, 0.1) is 23.2 Å². The van der Waals surface area contributed by atoms with E-state index in [1.165, 1.54) is 0 Å². The predicted molar refractivity (Wildman–Crippen MR) is 86.3 cm³/mol. The van der Waals surface area contributed by atoms with Crippen molar-refractivity contribution in [1.29, 1.82) is 0 Å². The largest absolute Gasteiger partial charge is 0.493 e. The standard InChI is InChI=1S/C18H16N2O3/c1-2-22-17-6-4-3-5-14(17)12-23-18(21)13-7-8-15-16(11-13)20-10-9-19-15/h3-11H,2,12H2,1H3. The molecular weight excluding hydrogens is 292 g/mol.